The van der Waals surface area contributed by atoms with Gasteiger partial charge < -0.3 is 10.0 Å². The molecule has 0 radical (unpaired) electrons. The number of benzene rings is 2. The Kier molecular flexibility index (Phi) is 9.03. The lowest BCUT2D eigenvalue weighted by Crippen LogP contribution is -2.29. The van der Waals surface area contributed by atoms with E-state index in [9.17, 15) is 9.59 Å². The van der Waals surface area contributed by atoms with Crippen LogP contribution in [-0.2, 0) is 9.59 Å². The first-order valence-corrected chi connectivity index (χ1v) is 10.1. The van der Waals surface area contributed by atoms with Crippen molar-refractivity contribution >= 4 is 24.1 Å². The minimum Gasteiger partial charge on any atom is -0.423 e. The molecule has 2 N–H and O–H groups in total. The molecule has 1 fully saturated rings. The van der Waals surface area contributed by atoms with Crippen molar-refractivity contribution in [3.8, 4) is 0 Å². The zero-order chi connectivity index (χ0) is 21.2. The Hall–Kier alpha value is -2.50. The average molecular weight is 392 g/mol. The summed E-state index contributed by atoms with van der Waals surface area (Å²) in [6, 6.07) is 15.6. The lowest BCUT2D eigenvalue weighted by molar-refractivity contribution is -0.117. The van der Waals surface area contributed by atoms with Gasteiger partial charge in [0, 0.05) is 19.3 Å². The second kappa shape index (κ2) is 11.5. The summed E-state index contributed by atoms with van der Waals surface area (Å²) in [5.74, 6) is 1.19. The summed E-state index contributed by atoms with van der Waals surface area (Å²) in [5.41, 5.74) is 4.26. The number of aryl methyl sites for hydroxylation is 2. The van der Waals surface area contributed by atoms with E-state index < -0.39 is 7.12 Å². The van der Waals surface area contributed by atoms with E-state index in [0.29, 0.717) is 17.2 Å². The van der Waals surface area contributed by atoms with Gasteiger partial charge in [-0.05, 0) is 49.7 Å². The molecule has 0 saturated heterocycles. The molecule has 4 nitrogen and oxygen atoms in total. The van der Waals surface area contributed by atoms with Crippen molar-refractivity contribution in [1.29, 1.82) is 0 Å². The van der Waals surface area contributed by atoms with E-state index in [-0.39, 0.29) is 5.78 Å². The SMILES string of the molecule is Cc1ccc(B(O)O)cc1.Cc1ccc(C2CCC(=O)C2)cc1.O=C1C=CCC1. The Balaban J connectivity index is 0.000000166. The summed E-state index contributed by atoms with van der Waals surface area (Å²) < 4.78 is 0. The number of ketones is 2. The molecule has 0 aromatic heterocycles. The zero-order valence-electron chi connectivity index (χ0n) is 17.2. The molecule has 2 aliphatic carbocycles. The van der Waals surface area contributed by atoms with Crippen LogP contribution in [0.4, 0.5) is 0 Å². The van der Waals surface area contributed by atoms with Crippen molar-refractivity contribution in [2.24, 2.45) is 0 Å². The Morgan fingerprint density at radius 2 is 1.45 bits per heavy atom. The second-order valence-corrected chi connectivity index (χ2v) is 7.58. The molecule has 4 rings (SSSR count). The first-order valence-electron chi connectivity index (χ1n) is 10.1. The molecule has 0 amide bonds. The molecule has 2 aromatic carbocycles. The van der Waals surface area contributed by atoms with Gasteiger partial charge in [0.05, 0.1) is 0 Å². The topological polar surface area (TPSA) is 74.6 Å². The van der Waals surface area contributed by atoms with Crippen LogP contribution in [0.1, 0.15) is 54.7 Å². The van der Waals surface area contributed by atoms with Gasteiger partial charge in [-0.15, -0.1) is 0 Å². The third kappa shape index (κ3) is 8.18. The summed E-state index contributed by atoms with van der Waals surface area (Å²) in [5, 5.41) is 17.3. The maximum Gasteiger partial charge on any atom is 0.488 e. The molecule has 1 atom stereocenters. The Morgan fingerprint density at radius 1 is 0.862 bits per heavy atom. The standard InChI is InChI=1S/C12H14O.C7H9BO2.C5H6O/c1-9-2-4-10(5-3-9)11-6-7-12(13)8-11;1-6-2-4-7(5-3-6)8(9)10;6-5-3-1-2-4-5/h2-5,11H,6-8H2,1H3;2-5,9-10H,1H3;1,3H,2,4H2. The van der Waals surface area contributed by atoms with Gasteiger partial charge in [-0.1, -0.05) is 65.7 Å². The molecule has 29 heavy (non-hydrogen) atoms. The van der Waals surface area contributed by atoms with Gasteiger partial charge in [-0.25, -0.2) is 0 Å². The van der Waals surface area contributed by atoms with E-state index in [0.717, 1.165) is 37.7 Å². The number of hydrogen-bond donors (Lipinski definition) is 2. The fourth-order valence-corrected chi connectivity index (χ4v) is 3.20. The number of carbonyl (C=O) groups excluding carboxylic acids is 2. The van der Waals surface area contributed by atoms with Crippen molar-refractivity contribution < 1.29 is 19.6 Å². The molecule has 0 bridgehead atoms. The van der Waals surface area contributed by atoms with Crippen LogP contribution in [0.3, 0.4) is 0 Å². The van der Waals surface area contributed by atoms with Crippen LogP contribution in [0, 0.1) is 13.8 Å². The quantitative estimate of drug-likeness (QED) is 0.769. The molecule has 2 aliphatic rings. The highest BCUT2D eigenvalue weighted by Gasteiger charge is 2.22. The molecule has 0 aliphatic heterocycles. The molecule has 0 heterocycles. The largest absolute Gasteiger partial charge is 0.488 e. The fraction of sp³-hybridized carbons (Fsp3) is 0.333. The van der Waals surface area contributed by atoms with Crippen molar-refractivity contribution in [3.63, 3.8) is 0 Å². The smallest absolute Gasteiger partial charge is 0.423 e. The number of hydrogen-bond acceptors (Lipinski definition) is 4. The Bertz CT molecular complexity index is 823. The van der Waals surface area contributed by atoms with E-state index in [4.69, 9.17) is 10.0 Å². The minimum atomic E-state index is -1.35. The van der Waals surface area contributed by atoms with Crippen LogP contribution in [0.5, 0.6) is 0 Å². The van der Waals surface area contributed by atoms with Crippen LogP contribution >= 0.6 is 0 Å². The Labute approximate surface area is 173 Å². The van der Waals surface area contributed by atoms with Crippen LogP contribution in [0.25, 0.3) is 0 Å². The molecule has 5 heteroatoms. The van der Waals surface area contributed by atoms with Crippen LogP contribution in [0.15, 0.2) is 60.7 Å². The number of carbonyl (C=O) groups is 2. The van der Waals surface area contributed by atoms with E-state index in [2.05, 4.69) is 31.2 Å². The predicted octanol–water partition coefficient (Wildman–Crippen LogP) is 3.41. The van der Waals surface area contributed by atoms with Gasteiger partial charge >= 0.3 is 7.12 Å². The van der Waals surface area contributed by atoms with Crippen LogP contribution in [0.2, 0.25) is 0 Å². The molecular formula is C24H29BO4. The summed E-state index contributed by atoms with van der Waals surface area (Å²) >= 11 is 0. The number of rotatable bonds is 2. The monoisotopic (exact) mass is 392 g/mol. The second-order valence-electron chi connectivity index (χ2n) is 7.58. The van der Waals surface area contributed by atoms with Crippen molar-refractivity contribution in [2.75, 3.05) is 0 Å². The highest BCUT2D eigenvalue weighted by Crippen LogP contribution is 2.31. The predicted molar refractivity (Wildman–Crippen MR) is 117 cm³/mol. The highest BCUT2D eigenvalue weighted by molar-refractivity contribution is 6.58. The van der Waals surface area contributed by atoms with Gasteiger partial charge in [0.15, 0.2) is 5.78 Å². The van der Waals surface area contributed by atoms with Gasteiger partial charge in [0.25, 0.3) is 0 Å². The molecule has 1 saturated carbocycles. The molecule has 152 valence electrons. The van der Waals surface area contributed by atoms with E-state index >= 15 is 0 Å². The Morgan fingerprint density at radius 3 is 1.83 bits per heavy atom. The molecule has 2 aromatic rings. The van der Waals surface area contributed by atoms with Crippen molar-refractivity contribution in [2.45, 2.75) is 51.9 Å². The zero-order valence-corrected chi connectivity index (χ0v) is 17.2. The fourth-order valence-electron chi connectivity index (χ4n) is 3.20. The summed E-state index contributed by atoms with van der Waals surface area (Å²) in [6.45, 7) is 4.04. The third-order valence-corrected chi connectivity index (χ3v) is 5.03. The lowest BCUT2D eigenvalue weighted by atomic mass is 9.80. The summed E-state index contributed by atoms with van der Waals surface area (Å²) in [6.07, 6.45) is 7.81. The molecule has 1 unspecified atom stereocenters. The van der Waals surface area contributed by atoms with Gasteiger partial charge in [0.1, 0.15) is 5.78 Å². The minimum absolute atomic E-state index is 0.273. The molecule has 0 spiro atoms. The van der Waals surface area contributed by atoms with Crippen molar-refractivity contribution in [3.05, 3.63) is 77.4 Å². The lowest BCUT2D eigenvalue weighted by Gasteiger charge is -2.07. The summed E-state index contributed by atoms with van der Waals surface area (Å²) in [7, 11) is -1.35. The highest BCUT2D eigenvalue weighted by atomic mass is 16.4. The molecular weight excluding hydrogens is 363 g/mol. The van der Waals surface area contributed by atoms with Gasteiger partial charge in [0.2, 0.25) is 0 Å². The maximum atomic E-state index is 11.1. The first kappa shape index (κ1) is 22.8. The van der Waals surface area contributed by atoms with E-state index in [1.165, 1.54) is 11.1 Å². The van der Waals surface area contributed by atoms with E-state index in [1.54, 1.807) is 18.2 Å². The normalized spacial score (nSPS) is 17.3. The van der Waals surface area contributed by atoms with Gasteiger partial charge in [-0.2, -0.15) is 0 Å². The third-order valence-electron chi connectivity index (χ3n) is 5.03. The first-order chi connectivity index (χ1) is 13.8. The van der Waals surface area contributed by atoms with Gasteiger partial charge in [-0.3, -0.25) is 9.59 Å². The number of Topliss-reactive ketones (excluding diaryl/α,β-unsaturated/α-hetero) is 1. The number of allylic oxidation sites excluding steroid dienone is 2. The maximum absolute atomic E-state index is 11.1. The van der Waals surface area contributed by atoms with E-state index in [1.807, 2.05) is 25.1 Å². The van der Waals surface area contributed by atoms with Crippen LogP contribution in [-0.4, -0.2) is 28.7 Å². The average Bonchev–Trinajstić information content (AvgIpc) is 3.35. The van der Waals surface area contributed by atoms with Crippen molar-refractivity contribution in [1.82, 2.24) is 0 Å². The van der Waals surface area contributed by atoms with Crippen LogP contribution < -0.4 is 5.46 Å². The summed E-state index contributed by atoms with van der Waals surface area (Å²) in [4.78, 5) is 21.2.